The van der Waals surface area contributed by atoms with Crippen molar-refractivity contribution in [3.63, 3.8) is 0 Å². The predicted molar refractivity (Wildman–Crippen MR) is 105 cm³/mol. The molecule has 2 rings (SSSR count). The Morgan fingerprint density at radius 3 is 1.95 bits per heavy atom. The highest BCUT2D eigenvalue weighted by Gasteiger charge is 2.15. The first kappa shape index (κ1) is 16.1. The van der Waals surface area contributed by atoms with Crippen LogP contribution in [-0.4, -0.2) is 22.7 Å². The lowest BCUT2D eigenvalue weighted by atomic mass is 9.57. The summed E-state index contributed by atoms with van der Waals surface area (Å²) < 4.78 is 0. The van der Waals surface area contributed by atoms with E-state index in [1.54, 1.807) is 0 Å². The van der Waals surface area contributed by atoms with Gasteiger partial charge in [-0.1, -0.05) is 72.4 Å². The zero-order chi connectivity index (χ0) is 14.2. The van der Waals surface area contributed by atoms with Gasteiger partial charge in [-0.05, 0) is 18.5 Å². The van der Waals surface area contributed by atoms with Crippen LogP contribution in [-0.2, 0) is 0 Å². The monoisotopic (exact) mass is 410 g/mol. The Kier molecular flexibility index (Phi) is 7.18. The maximum absolute atomic E-state index is 11.8. The summed E-state index contributed by atoms with van der Waals surface area (Å²) in [6.07, 6.45) is 0. The average Bonchev–Trinajstić information content (AvgIpc) is 2.50. The lowest BCUT2D eigenvalue weighted by Crippen LogP contribution is -2.14. The summed E-state index contributed by atoms with van der Waals surface area (Å²) in [5.41, 5.74) is 0.874. The highest BCUT2D eigenvalue weighted by Crippen LogP contribution is 2.37. The molecule has 1 nitrogen and oxygen atoms in total. The summed E-state index contributed by atoms with van der Waals surface area (Å²) >= 11 is 3.74. The first-order chi connectivity index (χ1) is 9.81. The first-order valence-corrected chi connectivity index (χ1v) is 10.4. The molecule has 0 aliphatic carbocycles. The van der Waals surface area contributed by atoms with Crippen LogP contribution in [0.15, 0.2) is 60.7 Å². The van der Waals surface area contributed by atoms with Gasteiger partial charge in [0.15, 0.2) is 12.2 Å². The van der Waals surface area contributed by atoms with Crippen molar-refractivity contribution in [3.05, 3.63) is 60.7 Å². The van der Waals surface area contributed by atoms with Gasteiger partial charge < -0.3 is 4.79 Å². The summed E-state index contributed by atoms with van der Waals surface area (Å²) in [4.78, 5) is 11.8. The Morgan fingerprint density at radius 2 is 1.50 bits per heavy atom. The Morgan fingerprint density at radius 1 is 1.00 bits per heavy atom. The van der Waals surface area contributed by atoms with E-state index in [1.165, 1.54) is 22.4 Å². The van der Waals surface area contributed by atoms with Crippen molar-refractivity contribution >= 4 is 69.9 Å². The van der Waals surface area contributed by atoms with Crippen molar-refractivity contribution in [2.75, 3.05) is 5.49 Å². The van der Waals surface area contributed by atoms with Crippen molar-refractivity contribution in [3.8, 4) is 0 Å². The van der Waals surface area contributed by atoms with Gasteiger partial charge in [-0.2, -0.15) is 22.4 Å². The Labute approximate surface area is 140 Å². The van der Waals surface area contributed by atoms with Gasteiger partial charge in [0.1, 0.15) is 5.01 Å². The van der Waals surface area contributed by atoms with E-state index in [0.717, 1.165) is 10.5 Å². The fraction of sp³-hybridized carbons (Fsp3) is 0.0714. The molecule has 0 bridgehead atoms. The number of hydrogen-bond donors (Lipinski definition) is 0. The van der Waals surface area contributed by atoms with Gasteiger partial charge in [0.2, 0.25) is 0 Å². The molecule has 0 N–H and O–H groups in total. The third kappa shape index (κ3) is 4.94. The molecule has 0 aromatic heterocycles. The summed E-state index contributed by atoms with van der Waals surface area (Å²) in [6.45, 7) is 0. The van der Waals surface area contributed by atoms with E-state index in [2.05, 4.69) is 70.9 Å². The predicted octanol–water partition coefficient (Wildman–Crippen LogP) is 3.07. The minimum atomic E-state index is -0.454. The molecular weight excluding hydrogens is 396 g/mol. The third-order valence-electron chi connectivity index (χ3n) is 2.79. The van der Waals surface area contributed by atoms with E-state index in [-0.39, 0.29) is 0 Å². The minimum Gasteiger partial charge on any atom is -0.300 e. The number of rotatable bonds is 6. The molecule has 0 saturated heterocycles. The molecule has 2 aromatic rings. The van der Waals surface area contributed by atoms with Gasteiger partial charge >= 0.3 is 0 Å². The Balaban J connectivity index is 2.15. The van der Waals surface area contributed by atoms with E-state index in [9.17, 15) is 4.79 Å². The van der Waals surface area contributed by atoms with E-state index in [4.69, 9.17) is 0 Å². The van der Waals surface area contributed by atoms with Crippen LogP contribution in [0.5, 0.6) is 0 Å². The molecule has 0 heterocycles. The molecule has 0 fully saturated rings. The van der Waals surface area contributed by atoms with E-state index in [0.29, 0.717) is 12.2 Å². The first-order valence-electron chi connectivity index (χ1n) is 6.40. The molecule has 0 amide bonds. The Bertz CT molecular complexity index is 502. The van der Waals surface area contributed by atoms with Crippen LogP contribution in [0, 0.1) is 0 Å². The number of hydrogen-bond acceptors (Lipinski definition) is 2. The van der Waals surface area contributed by atoms with Gasteiger partial charge in [0.05, 0.1) is 0 Å². The SMILES string of the molecule is O=C(BBI)SCP(c1ccccc1)c1ccccc1. The Hall–Kier alpha value is -0.250. The minimum absolute atomic E-state index is 0.304. The molecule has 100 valence electrons. The second-order valence-corrected chi connectivity index (χ2v) is 8.93. The molecule has 0 atom stereocenters. The van der Waals surface area contributed by atoms with Gasteiger partial charge in [0.25, 0.3) is 0 Å². The fourth-order valence-electron chi connectivity index (χ4n) is 1.80. The standard InChI is InChI=1S/C14H14B2IOPS/c17-16-15-14(18)20-11-19(12-7-3-1-4-8-12)13-9-5-2-6-10-13/h1-10,15-16H,11H2. The van der Waals surface area contributed by atoms with Crippen molar-refractivity contribution in [1.82, 2.24) is 0 Å². The molecular formula is C14H14B2IOPS. The summed E-state index contributed by atoms with van der Waals surface area (Å²) in [5, 5.41) is 3.88. The van der Waals surface area contributed by atoms with Gasteiger partial charge in [-0.25, -0.2) is 0 Å². The molecule has 0 spiro atoms. The number of carbonyl (C=O) groups excluding carboxylic acids is 1. The van der Waals surface area contributed by atoms with Crippen LogP contribution in [0.1, 0.15) is 0 Å². The van der Waals surface area contributed by atoms with Crippen molar-refractivity contribution in [2.24, 2.45) is 0 Å². The normalized spacial score (nSPS) is 10.3. The molecule has 0 aliphatic rings. The molecule has 6 heteroatoms. The number of carbonyl (C=O) groups is 1. The number of halogens is 1. The van der Waals surface area contributed by atoms with Crippen LogP contribution < -0.4 is 10.6 Å². The second kappa shape index (κ2) is 8.91. The van der Waals surface area contributed by atoms with Crippen molar-refractivity contribution in [1.29, 1.82) is 0 Å². The van der Waals surface area contributed by atoms with Crippen LogP contribution >= 0.6 is 42.1 Å². The van der Waals surface area contributed by atoms with E-state index < -0.39 is 7.92 Å². The largest absolute Gasteiger partial charge is 0.300 e. The molecule has 0 unspecified atom stereocenters. The topological polar surface area (TPSA) is 17.1 Å². The summed E-state index contributed by atoms with van der Waals surface area (Å²) in [5.74, 6) is 0. The smallest absolute Gasteiger partial charge is 0.198 e. The summed E-state index contributed by atoms with van der Waals surface area (Å²) in [6, 6.07) is 21.0. The highest BCUT2D eigenvalue weighted by molar-refractivity contribution is 14.1. The molecule has 0 saturated carbocycles. The number of benzene rings is 2. The number of thioether (sulfide) groups is 1. The van der Waals surface area contributed by atoms with Gasteiger partial charge in [0, 0.05) is 5.49 Å². The van der Waals surface area contributed by atoms with Crippen LogP contribution in [0.25, 0.3) is 0 Å². The van der Waals surface area contributed by atoms with Gasteiger partial charge in [-0.3, -0.25) is 0 Å². The molecule has 20 heavy (non-hydrogen) atoms. The fourth-order valence-corrected chi connectivity index (χ4v) is 6.55. The highest BCUT2D eigenvalue weighted by atomic mass is 127. The third-order valence-corrected chi connectivity index (χ3v) is 7.25. The van der Waals surface area contributed by atoms with Crippen molar-refractivity contribution in [2.45, 2.75) is 0 Å². The van der Waals surface area contributed by atoms with Crippen LogP contribution in [0.2, 0.25) is 0 Å². The molecule has 0 radical (unpaired) electrons. The maximum Gasteiger partial charge on any atom is 0.198 e. The summed E-state index contributed by atoms with van der Waals surface area (Å²) in [7, 11) is 0.210. The van der Waals surface area contributed by atoms with Crippen LogP contribution in [0.3, 0.4) is 0 Å². The van der Waals surface area contributed by atoms with Crippen LogP contribution in [0.4, 0.5) is 4.79 Å². The quantitative estimate of drug-likeness (QED) is 0.414. The lowest BCUT2D eigenvalue weighted by molar-refractivity contribution is 0.275. The van der Waals surface area contributed by atoms with E-state index >= 15 is 0 Å². The second-order valence-electron chi connectivity index (χ2n) is 4.18. The van der Waals surface area contributed by atoms with Gasteiger partial charge in [-0.15, -0.1) is 0 Å². The zero-order valence-electron chi connectivity index (χ0n) is 11.0. The molecule has 0 aliphatic heterocycles. The van der Waals surface area contributed by atoms with Crippen molar-refractivity contribution < 1.29 is 4.79 Å². The maximum atomic E-state index is 11.8. The lowest BCUT2D eigenvalue weighted by Gasteiger charge is -2.17. The zero-order valence-corrected chi connectivity index (χ0v) is 14.9. The van der Waals surface area contributed by atoms with E-state index in [1.807, 2.05) is 12.1 Å². The average molecular weight is 410 g/mol. The molecule has 2 aromatic carbocycles.